The van der Waals surface area contributed by atoms with Crippen LogP contribution in [0, 0.1) is 5.92 Å². The first kappa shape index (κ1) is 6.55. The highest BCUT2D eigenvalue weighted by atomic mass is 16.2. The predicted molar refractivity (Wildman–Crippen MR) is 34.5 cm³/mol. The number of amides is 1. The Kier molecular flexibility index (Phi) is 1.71. The lowest BCUT2D eigenvalue weighted by Gasteiger charge is -2.10. The summed E-state index contributed by atoms with van der Waals surface area (Å²) in [6.45, 7) is 4.19. The van der Waals surface area contributed by atoms with Gasteiger partial charge in [0.25, 0.3) is 0 Å². The Hall–Kier alpha value is -0.570. The normalized spacial score (nSPS) is 27.0. The van der Waals surface area contributed by atoms with Crippen LogP contribution in [0.3, 0.4) is 0 Å². The van der Waals surface area contributed by atoms with Crippen molar-refractivity contribution in [3.63, 3.8) is 0 Å². The highest BCUT2D eigenvalue weighted by Crippen LogP contribution is 2.07. The standard InChI is InChI=1S/C6H12N2O/c1-4(2)5-3-6(9)8-7-5/h4-5,7H,3H2,1-2H3,(H,8,9)/t5-/m1/s1. The Morgan fingerprint density at radius 2 is 2.33 bits per heavy atom. The Morgan fingerprint density at radius 3 is 2.56 bits per heavy atom. The fraction of sp³-hybridized carbons (Fsp3) is 0.833. The lowest BCUT2D eigenvalue weighted by molar-refractivity contribution is -0.119. The van der Waals surface area contributed by atoms with Crippen molar-refractivity contribution in [3.8, 4) is 0 Å². The second kappa shape index (κ2) is 2.35. The second-order valence-corrected chi connectivity index (χ2v) is 2.75. The Bertz CT molecular complexity index is 122. The number of hydrogen-bond acceptors (Lipinski definition) is 2. The summed E-state index contributed by atoms with van der Waals surface area (Å²) >= 11 is 0. The summed E-state index contributed by atoms with van der Waals surface area (Å²) in [5.41, 5.74) is 5.47. The Labute approximate surface area is 54.8 Å². The van der Waals surface area contributed by atoms with E-state index < -0.39 is 0 Å². The van der Waals surface area contributed by atoms with E-state index in [0.29, 0.717) is 18.4 Å². The maximum absolute atomic E-state index is 10.6. The summed E-state index contributed by atoms with van der Waals surface area (Å²) in [6.07, 6.45) is 0.623. The van der Waals surface area contributed by atoms with Crippen LogP contribution in [-0.2, 0) is 4.79 Å². The van der Waals surface area contributed by atoms with Crippen LogP contribution in [0.15, 0.2) is 0 Å². The van der Waals surface area contributed by atoms with Gasteiger partial charge in [0.2, 0.25) is 5.91 Å². The van der Waals surface area contributed by atoms with Gasteiger partial charge in [-0.1, -0.05) is 13.8 Å². The van der Waals surface area contributed by atoms with E-state index in [1.807, 2.05) is 0 Å². The van der Waals surface area contributed by atoms with Gasteiger partial charge in [-0.2, -0.15) is 0 Å². The van der Waals surface area contributed by atoms with E-state index in [-0.39, 0.29) is 5.91 Å². The molecule has 0 aromatic carbocycles. The van der Waals surface area contributed by atoms with Crippen LogP contribution in [0.4, 0.5) is 0 Å². The summed E-state index contributed by atoms with van der Waals surface area (Å²) in [6, 6.07) is 0.331. The number of nitrogens with one attached hydrogen (secondary N) is 2. The molecule has 1 amide bonds. The van der Waals surface area contributed by atoms with Crippen molar-refractivity contribution in [1.29, 1.82) is 0 Å². The van der Waals surface area contributed by atoms with Gasteiger partial charge in [-0.25, -0.2) is 5.43 Å². The van der Waals surface area contributed by atoms with Crippen molar-refractivity contribution in [1.82, 2.24) is 10.9 Å². The van der Waals surface area contributed by atoms with Crippen LogP contribution in [0.1, 0.15) is 20.3 Å². The molecule has 0 bridgehead atoms. The molecule has 1 saturated heterocycles. The highest BCUT2D eigenvalue weighted by molar-refractivity contribution is 5.77. The highest BCUT2D eigenvalue weighted by Gasteiger charge is 2.22. The van der Waals surface area contributed by atoms with Crippen LogP contribution < -0.4 is 10.9 Å². The van der Waals surface area contributed by atoms with Crippen LogP contribution in [0.25, 0.3) is 0 Å². The number of carbonyl (C=O) groups excluding carboxylic acids is 1. The molecule has 1 aliphatic rings. The van der Waals surface area contributed by atoms with E-state index in [0.717, 1.165) is 0 Å². The van der Waals surface area contributed by atoms with Crippen LogP contribution in [0.5, 0.6) is 0 Å². The smallest absolute Gasteiger partial charge is 0.235 e. The third-order valence-corrected chi connectivity index (χ3v) is 1.61. The molecule has 3 heteroatoms. The van der Waals surface area contributed by atoms with Gasteiger partial charge < -0.3 is 0 Å². The topological polar surface area (TPSA) is 41.1 Å². The van der Waals surface area contributed by atoms with E-state index >= 15 is 0 Å². The minimum Gasteiger partial charge on any atom is -0.291 e. The van der Waals surface area contributed by atoms with Crippen molar-refractivity contribution in [3.05, 3.63) is 0 Å². The molecule has 1 fully saturated rings. The molecule has 3 nitrogen and oxygen atoms in total. The van der Waals surface area contributed by atoms with Crippen LogP contribution in [-0.4, -0.2) is 11.9 Å². The largest absolute Gasteiger partial charge is 0.291 e. The van der Waals surface area contributed by atoms with Crippen molar-refractivity contribution < 1.29 is 4.79 Å². The number of carbonyl (C=O) groups is 1. The average Bonchev–Trinajstić information content (AvgIpc) is 2.14. The number of hydrogen-bond donors (Lipinski definition) is 2. The predicted octanol–water partition coefficient (Wildman–Crippen LogP) is 0.0355. The molecule has 0 radical (unpaired) electrons. The van der Waals surface area contributed by atoms with E-state index in [1.54, 1.807) is 0 Å². The molecule has 1 heterocycles. The van der Waals surface area contributed by atoms with Gasteiger partial charge in [0, 0.05) is 12.5 Å². The first-order valence-corrected chi connectivity index (χ1v) is 3.24. The van der Waals surface area contributed by atoms with Crippen LogP contribution in [0.2, 0.25) is 0 Å². The van der Waals surface area contributed by atoms with Crippen molar-refractivity contribution in [2.75, 3.05) is 0 Å². The molecule has 0 aromatic heterocycles. The van der Waals surface area contributed by atoms with Gasteiger partial charge in [-0.15, -0.1) is 0 Å². The van der Waals surface area contributed by atoms with Crippen molar-refractivity contribution >= 4 is 5.91 Å². The summed E-state index contributed by atoms with van der Waals surface area (Å²) in [4.78, 5) is 10.6. The third kappa shape index (κ3) is 1.42. The van der Waals surface area contributed by atoms with Gasteiger partial charge in [0.15, 0.2) is 0 Å². The average molecular weight is 128 g/mol. The zero-order valence-electron chi connectivity index (χ0n) is 5.77. The van der Waals surface area contributed by atoms with Gasteiger partial charge in [-0.05, 0) is 5.92 Å². The summed E-state index contributed by atoms with van der Waals surface area (Å²) < 4.78 is 0. The Morgan fingerprint density at radius 1 is 1.67 bits per heavy atom. The Balaban J connectivity index is 2.39. The number of rotatable bonds is 1. The molecular formula is C6H12N2O. The monoisotopic (exact) mass is 128 g/mol. The maximum atomic E-state index is 10.6. The van der Waals surface area contributed by atoms with Crippen molar-refractivity contribution in [2.24, 2.45) is 5.92 Å². The van der Waals surface area contributed by atoms with Crippen LogP contribution >= 0.6 is 0 Å². The molecule has 0 unspecified atom stereocenters. The fourth-order valence-corrected chi connectivity index (χ4v) is 0.877. The van der Waals surface area contributed by atoms with Crippen molar-refractivity contribution in [2.45, 2.75) is 26.3 Å². The zero-order valence-corrected chi connectivity index (χ0v) is 5.77. The molecule has 0 saturated carbocycles. The maximum Gasteiger partial charge on any atom is 0.235 e. The first-order valence-electron chi connectivity index (χ1n) is 3.24. The first-order chi connectivity index (χ1) is 4.20. The minimum atomic E-state index is 0.105. The molecule has 2 N–H and O–H groups in total. The van der Waals surface area contributed by atoms with Gasteiger partial charge in [-0.3, -0.25) is 10.2 Å². The van der Waals surface area contributed by atoms with Gasteiger partial charge in [0.05, 0.1) is 0 Å². The molecule has 1 atom stereocenters. The lowest BCUT2D eigenvalue weighted by atomic mass is 10.0. The molecule has 9 heavy (non-hydrogen) atoms. The summed E-state index contributed by atoms with van der Waals surface area (Å²) in [7, 11) is 0. The summed E-state index contributed by atoms with van der Waals surface area (Å²) in [5, 5.41) is 0. The minimum absolute atomic E-state index is 0.105. The molecule has 0 aromatic rings. The van der Waals surface area contributed by atoms with Gasteiger partial charge in [0.1, 0.15) is 0 Å². The second-order valence-electron chi connectivity index (χ2n) is 2.75. The third-order valence-electron chi connectivity index (χ3n) is 1.61. The van der Waals surface area contributed by atoms with E-state index in [2.05, 4.69) is 24.7 Å². The van der Waals surface area contributed by atoms with E-state index in [1.165, 1.54) is 0 Å². The zero-order chi connectivity index (χ0) is 6.85. The number of hydrazine groups is 1. The summed E-state index contributed by atoms with van der Waals surface area (Å²) in [5.74, 6) is 0.637. The molecule has 1 aliphatic heterocycles. The fourth-order valence-electron chi connectivity index (χ4n) is 0.877. The molecular weight excluding hydrogens is 116 g/mol. The molecule has 0 aliphatic carbocycles. The molecule has 1 rings (SSSR count). The van der Waals surface area contributed by atoms with Gasteiger partial charge >= 0.3 is 0 Å². The van der Waals surface area contributed by atoms with E-state index in [4.69, 9.17) is 0 Å². The van der Waals surface area contributed by atoms with E-state index in [9.17, 15) is 4.79 Å². The molecule has 52 valence electrons. The molecule has 0 spiro atoms. The SMILES string of the molecule is CC(C)[C@H]1CC(=O)NN1. The quantitative estimate of drug-likeness (QED) is 0.523. The lowest BCUT2D eigenvalue weighted by Crippen LogP contribution is -2.34.